The minimum Gasteiger partial charge on any atom is -0.454 e. The molecule has 0 aliphatic carbocycles. The molecule has 1 saturated heterocycles. The molecule has 27 heavy (non-hydrogen) atoms. The summed E-state index contributed by atoms with van der Waals surface area (Å²) in [5.41, 5.74) is 0.674. The molecule has 2 heterocycles. The Bertz CT molecular complexity index is 938. The van der Waals surface area contributed by atoms with Gasteiger partial charge < -0.3 is 9.47 Å². The van der Waals surface area contributed by atoms with Crippen LogP contribution < -0.4 is 9.47 Å². The Morgan fingerprint density at radius 1 is 0.926 bits per heavy atom. The average molecular weight is 388 g/mol. The highest BCUT2D eigenvalue weighted by molar-refractivity contribution is 7.89. The Hall–Kier alpha value is -2.42. The lowest BCUT2D eigenvalue weighted by Crippen LogP contribution is -2.49. The molecule has 2 aromatic carbocycles. The predicted octanol–water partition coefficient (Wildman–Crippen LogP) is 1.60. The minimum atomic E-state index is -3.60. The van der Waals surface area contributed by atoms with Crippen molar-refractivity contribution in [1.29, 1.82) is 0 Å². The van der Waals surface area contributed by atoms with E-state index in [9.17, 15) is 13.2 Å². The summed E-state index contributed by atoms with van der Waals surface area (Å²) >= 11 is 0. The van der Waals surface area contributed by atoms with Gasteiger partial charge in [0.1, 0.15) is 0 Å². The molecule has 0 unspecified atom stereocenters. The van der Waals surface area contributed by atoms with Gasteiger partial charge in [0.05, 0.1) is 11.4 Å². The number of rotatable bonds is 5. The van der Waals surface area contributed by atoms with Gasteiger partial charge in [-0.1, -0.05) is 30.3 Å². The van der Waals surface area contributed by atoms with E-state index in [-0.39, 0.29) is 17.5 Å². The van der Waals surface area contributed by atoms with Crippen LogP contribution in [-0.2, 0) is 10.0 Å². The summed E-state index contributed by atoms with van der Waals surface area (Å²) in [6.07, 6.45) is 0. The minimum absolute atomic E-state index is 0.0441. The van der Waals surface area contributed by atoms with Crippen molar-refractivity contribution in [1.82, 2.24) is 9.21 Å². The molecule has 2 aliphatic rings. The third-order valence-electron chi connectivity index (χ3n) is 4.78. The lowest BCUT2D eigenvalue weighted by atomic mass is 10.1. The van der Waals surface area contributed by atoms with E-state index >= 15 is 0 Å². The van der Waals surface area contributed by atoms with E-state index in [0.29, 0.717) is 49.8 Å². The van der Waals surface area contributed by atoms with Gasteiger partial charge in [-0.2, -0.15) is 4.31 Å². The maximum Gasteiger partial charge on any atom is 0.243 e. The van der Waals surface area contributed by atoms with Crippen molar-refractivity contribution in [3.63, 3.8) is 0 Å². The standard InChI is InChI=1S/C19H20N2O5S/c22-17(15-4-2-1-3-5-15)13-20-8-10-21(11-9-20)27(23,24)16-6-7-18-19(12-16)26-14-25-18/h1-7,12H,8-11,13-14H2. The van der Waals surface area contributed by atoms with Crippen LogP contribution in [0.15, 0.2) is 53.4 Å². The number of carbonyl (C=O) groups is 1. The summed E-state index contributed by atoms with van der Waals surface area (Å²) in [5.74, 6) is 1.05. The smallest absolute Gasteiger partial charge is 0.243 e. The van der Waals surface area contributed by atoms with Crippen LogP contribution in [0.2, 0.25) is 0 Å². The Kier molecular flexibility index (Phi) is 4.86. The summed E-state index contributed by atoms with van der Waals surface area (Å²) < 4.78 is 37.7. The SMILES string of the molecule is O=C(CN1CCN(S(=O)(=O)c2ccc3c(c2)OCO3)CC1)c1ccccc1. The number of fused-ring (bicyclic) bond motifs is 1. The molecule has 0 aromatic heterocycles. The van der Waals surface area contributed by atoms with Gasteiger partial charge in [-0.25, -0.2) is 8.42 Å². The summed E-state index contributed by atoms with van der Waals surface area (Å²) in [6.45, 7) is 2.12. The number of ether oxygens (including phenoxy) is 2. The maximum absolute atomic E-state index is 12.9. The summed E-state index contributed by atoms with van der Waals surface area (Å²) in [6, 6.07) is 13.8. The number of hydrogen-bond donors (Lipinski definition) is 0. The largest absolute Gasteiger partial charge is 0.454 e. The summed E-state index contributed by atoms with van der Waals surface area (Å²) in [4.78, 5) is 14.5. The van der Waals surface area contributed by atoms with Crippen LogP contribution in [0, 0.1) is 0 Å². The fraction of sp³-hybridized carbons (Fsp3) is 0.316. The molecule has 0 atom stereocenters. The van der Waals surface area contributed by atoms with E-state index in [2.05, 4.69) is 0 Å². The molecule has 2 aliphatic heterocycles. The van der Waals surface area contributed by atoms with E-state index in [1.807, 2.05) is 23.1 Å². The van der Waals surface area contributed by atoms with E-state index < -0.39 is 10.0 Å². The zero-order valence-corrected chi connectivity index (χ0v) is 15.5. The zero-order chi connectivity index (χ0) is 18.9. The second-order valence-corrected chi connectivity index (χ2v) is 8.42. The molecule has 0 amide bonds. The number of carbonyl (C=O) groups excluding carboxylic acids is 1. The highest BCUT2D eigenvalue weighted by Crippen LogP contribution is 2.34. The van der Waals surface area contributed by atoms with Gasteiger partial charge in [-0.15, -0.1) is 0 Å². The van der Waals surface area contributed by atoms with Crippen molar-refractivity contribution in [3.8, 4) is 11.5 Å². The second-order valence-electron chi connectivity index (χ2n) is 6.48. The highest BCUT2D eigenvalue weighted by Gasteiger charge is 2.30. The first-order valence-electron chi connectivity index (χ1n) is 8.74. The third-order valence-corrected chi connectivity index (χ3v) is 6.67. The molecule has 142 valence electrons. The first-order chi connectivity index (χ1) is 13.0. The number of hydrogen-bond acceptors (Lipinski definition) is 6. The van der Waals surface area contributed by atoms with Gasteiger partial charge in [0.25, 0.3) is 0 Å². The fourth-order valence-electron chi connectivity index (χ4n) is 3.23. The quantitative estimate of drug-likeness (QED) is 0.725. The Morgan fingerprint density at radius 2 is 1.63 bits per heavy atom. The zero-order valence-electron chi connectivity index (χ0n) is 14.7. The molecule has 4 rings (SSSR count). The van der Waals surface area contributed by atoms with E-state index in [0.717, 1.165) is 0 Å². The molecule has 0 radical (unpaired) electrons. The molecular weight excluding hydrogens is 368 g/mol. The molecule has 8 heteroatoms. The molecular formula is C19H20N2O5S. The fourth-order valence-corrected chi connectivity index (χ4v) is 4.67. The van der Waals surface area contributed by atoms with E-state index in [1.54, 1.807) is 18.2 Å². The first-order valence-corrected chi connectivity index (χ1v) is 10.2. The van der Waals surface area contributed by atoms with Crippen molar-refractivity contribution in [2.75, 3.05) is 39.5 Å². The van der Waals surface area contributed by atoms with E-state index in [1.165, 1.54) is 16.4 Å². The van der Waals surface area contributed by atoms with Gasteiger partial charge in [0.15, 0.2) is 17.3 Å². The van der Waals surface area contributed by atoms with Gasteiger partial charge in [-0.05, 0) is 12.1 Å². The van der Waals surface area contributed by atoms with Gasteiger partial charge in [-0.3, -0.25) is 9.69 Å². The maximum atomic E-state index is 12.9. The molecule has 2 aromatic rings. The Morgan fingerprint density at radius 3 is 2.37 bits per heavy atom. The van der Waals surface area contributed by atoms with Crippen molar-refractivity contribution in [2.24, 2.45) is 0 Å². The van der Waals surface area contributed by atoms with Crippen LogP contribution in [0.1, 0.15) is 10.4 Å². The van der Waals surface area contributed by atoms with Crippen molar-refractivity contribution >= 4 is 15.8 Å². The molecule has 0 saturated carbocycles. The summed E-state index contributed by atoms with van der Waals surface area (Å²) in [7, 11) is -3.60. The molecule has 1 fully saturated rings. The van der Waals surface area contributed by atoms with Crippen molar-refractivity contribution < 1.29 is 22.7 Å². The molecule has 7 nitrogen and oxygen atoms in total. The number of Topliss-reactive ketones (excluding diaryl/α,β-unsaturated/α-hetero) is 1. The Balaban J connectivity index is 1.39. The third kappa shape index (κ3) is 3.69. The second kappa shape index (κ2) is 7.30. The van der Waals surface area contributed by atoms with Crippen LogP contribution in [0.4, 0.5) is 0 Å². The first kappa shape index (κ1) is 18.0. The van der Waals surface area contributed by atoms with Crippen LogP contribution >= 0.6 is 0 Å². The van der Waals surface area contributed by atoms with Crippen molar-refractivity contribution in [3.05, 3.63) is 54.1 Å². The van der Waals surface area contributed by atoms with Crippen LogP contribution in [0.5, 0.6) is 11.5 Å². The lowest BCUT2D eigenvalue weighted by molar-refractivity contribution is 0.0901. The van der Waals surface area contributed by atoms with Gasteiger partial charge in [0.2, 0.25) is 16.8 Å². The van der Waals surface area contributed by atoms with Gasteiger partial charge >= 0.3 is 0 Å². The number of benzene rings is 2. The number of ketones is 1. The Labute approximate surface area is 158 Å². The highest BCUT2D eigenvalue weighted by atomic mass is 32.2. The van der Waals surface area contributed by atoms with Gasteiger partial charge in [0, 0.05) is 37.8 Å². The normalized spacial score (nSPS) is 17.8. The summed E-state index contributed by atoms with van der Waals surface area (Å²) in [5, 5.41) is 0. The molecule has 0 spiro atoms. The molecule has 0 N–H and O–H groups in total. The average Bonchev–Trinajstić information content (AvgIpc) is 3.17. The number of piperazine rings is 1. The molecule has 0 bridgehead atoms. The predicted molar refractivity (Wildman–Crippen MR) is 98.5 cm³/mol. The van der Waals surface area contributed by atoms with Crippen LogP contribution in [-0.4, -0.2) is 62.9 Å². The number of nitrogens with zero attached hydrogens (tertiary/aromatic N) is 2. The van der Waals surface area contributed by atoms with Crippen molar-refractivity contribution in [2.45, 2.75) is 4.90 Å². The van der Waals surface area contributed by atoms with E-state index in [4.69, 9.17) is 9.47 Å². The lowest BCUT2D eigenvalue weighted by Gasteiger charge is -2.33. The van der Waals surface area contributed by atoms with Crippen LogP contribution in [0.25, 0.3) is 0 Å². The monoisotopic (exact) mass is 388 g/mol. The van der Waals surface area contributed by atoms with Crippen LogP contribution in [0.3, 0.4) is 0 Å². The topological polar surface area (TPSA) is 76.2 Å². The number of sulfonamides is 1.